The van der Waals surface area contributed by atoms with Crippen LogP contribution in [0.2, 0.25) is 0 Å². The number of hydrogen-bond acceptors (Lipinski definition) is 4. The van der Waals surface area contributed by atoms with Crippen molar-refractivity contribution in [1.29, 1.82) is 0 Å². The van der Waals surface area contributed by atoms with E-state index in [4.69, 9.17) is 5.11 Å². The first-order valence-electron chi connectivity index (χ1n) is 3.81. The number of thioether (sulfide) groups is 1. The van der Waals surface area contributed by atoms with E-state index < -0.39 is 21.7 Å². The highest BCUT2D eigenvalue weighted by molar-refractivity contribution is 8.00. The summed E-state index contributed by atoms with van der Waals surface area (Å²) < 4.78 is 21.4. The predicted octanol–water partition coefficient (Wildman–Crippen LogP) is 0.485. The van der Waals surface area contributed by atoms with Crippen molar-refractivity contribution in [2.75, 3.05) is 23.5 Å². The first-order valence-corrected chi connectivity index (χ1v) is 7.02. The molecule has 6 heteroatoms. The van der Waals surface area contributed by atoms with E-state index in [0.717, 1.165) is 0 Å². The third-order valence-electron chi connectivity index (χ3n) is 1.39. The summed E-state index contributed by atoms with van der Waals surface area (Å²) in [6.07, 6.45) is 1.17. The molecule has 0 aliphatic heterocycles. The van der Waals surface area contributed by atoms with Gasteiger partial charge in [-0.2, -0.15) is 11.8 Å². The van der Waals surface area contributed by atoms with Gasteiger partial charge in [-0.05, 0) is 0 Å². The minimum Gasteiger partial charge on any atom is -0.481 e. The van der Waals surface area contributed by atoms with Gasteiger partial charge in [0, 0.05) is 17.8 Å². The van der Waals surface area contributed by atoms with Gasteiger partial charge in [0.15, 0.2) is 0 Å². The Kier molecular flexibility index (Phi) is 5.39. The number of rotatable bonds is 6. The Balaban J connectivity index is 3.53. The van der Waals surface area contributed by atoms with Crippen LogP contribution in [0.4, 0.5) is 0 Å². The second kappa shape index (κ2) is 5.49. The van der Waals surface area contributed by atoms with Gasteiger partial charge in [-0.15, -0.1) is 0 Å². The maximum atomic E-state index is 10.7. The topological polar surface area (TPSA) is 71.4 Å². The molecule has 0 aliphatic rings. The summed E-state index contributed by atoms with van der Waals surface area (Å²) in [7, 11) is -2.91. The first kappa shape index (κ1) is 12.8. The molecule has 0 saturated carbocycles. The number of sulfone groups is 1. The highest BCUT2D eigenvalue weighted by Crippen LogP contribution is 2.08. The number of carbonyl (C=O) groups is 1. The third kappa shape index (κ3) is 8.11. The standard InChI is InChI=1S/C7H14O4S2/c1-6(7(8)9)5-12-3-4-13(2,10)11/h6H,3-5H2,1-2H3,(H,8,9). The fraction of sp³-hybridized carbons (Fsp3) is 0.857. The van der Waals surface area contributed by atoms with E-state index in [1.807, 2.05) is 0 Å². The summed E-state index contributed by atoms with van der Waals surface area (Å²) in [6, 6.07) is 0. The van der Waals surface area contributed by atoms with Gasteiger partial charge < -0.3 is 5.11 Å². The SMILES string of the molecule is CC(CSCCS(C)(=O)=O)C(=O)O. The Morgan fingerprint density at radius 2 is 2.08 bits per heavy atom. The van der Waals surface area contributed by atoms with Crippen LogP contribution in [-0.4, -0.2) is 43.0 Å². The van der Waals surface area contributed by atoms with Crippen LogP contribution in [0.3, 0.4) is 0 Å². The van der Waals surface area contributed by atoms with E-state index in [9.17, 15) is 13.2 Å². The number of aliphatic carboxylic acids is 1. The van der Waals surface area contributed by atoms with E-state index in [-0.39, 0.29) is 5.75 Å². The first-order chi connectivity index (χ1) is 5.83. The molecule has 0 fully saturated rings. The Hall–Kier alpha value is -0.230. The van der Waals surface area contributed by atoms with E-state index in [1.54, 1.807) is 6.92 Å². The number of carboxylic acid groups (broad SMARTS) is 1. The lowest BCUT2D eigenvalue weighted by molar-refractivity contribution is -0.140. The zero-order valence-corrected chi connectivity index (χ0v) is 9.32. The van der Waals surface area contributed by atoms with Gasteiger partial charge in [-0.1, -0.05) is 6.92 Å². The number of carboxylic acids is 1. The fourth-order valence-electron chi connectivity index (χ4n) is 0.542. The fourth-order valence-corrected chi connectivity index (χ4v) is 2.89. The Labute approximate surface area is 82.6 Å². The monoisotopic (exact) mass is 226 g/mol. The third-order valence-corrected chi connectivity index (χ3v) is 3.82. The second-order valence-corrected chi connectivity index (χ2v) is 6.35. The van der Waals surface area contributed by atoms with Crippen LogP contribution in [0, 0.1) is 5.92 Å². The van der Waals surface area contributed by atoms with Crippen LogP contribution < -0.4 is 0 Å². The molecule has 0 bridgehead atoms. The minimum absolute atomic E-state index is 0.115. The molecule has 0 aromatic heterocycles. The predicted molar refractivity (Wildman–Crippen MR) is 53.8 cm³/mol. The van der Waals surface area contributed by atoms with Crippen molar-refractivity contribution in [3.05, 3.63) is 0 Å². The van der Waals surface area contributed by atoms with Crippen molar-refractivity contribution < 1.29 is 18.3 Å². The van der Waals surface area contributed by atoms with Crippen LogP contribution in [0.25, 0.3) is 0 Å². The van der Waals surface area contributed by atoms with Crippen molar-refractivity contribution >= 4 is 27.6 Å². The second-order valence-electron chi connectivity index (χ2n) is 2.94. The average molecular weight is 226 g/mol. The van der Waals surface area contributed by atoms with Crippen LogP contribution in [0.5, 0.6) is 0 Å². The summed E-state index contributed by atoms with van der Waals surface area (Å²) in [4.78, 5) is 10.4. The molecule has 0 aromatic carbocycles. The molecule has 1 unspecified atom stereocenters. The highest BCUT2D eigenvalue weighted by Gasteiger charge is 2.10. The van der Waals surface area contributed by atoms with E-state index in [0.29, 0.717) is 11.5 Å². The molecule has 4 nitrogen and oxygen atoms in total. The van der Waals surface area contributed by atoms with Crippen molar-refractivity contribution in [2.24, 2.45) is 5.92 Å². The van der Waals surface area contributed by atoms with Gasteiger partial charge in [-0.3, -0.25) is 4.79 Å². The Morgan fingerprint density at radius 3 is 2.46 bits per heavy atom. The summed E-state index contributed by atoms with van der Waals surface area (Å²) in [5.41, 5.74) is 0. The molecule has 13 heavy (non-hydrogen) atoms. The van der Waals surface area contributed by atoms with Crippen molar-refractivity contribution in [1.82, 2.24) is 0 Å². The molecular weight excluding hydrogens is 212 g/mol. The molecule has 0 radical (unpaired) electrons. The van der Waals surface area contributed by atoms with Gasteiger partial charge in [0.05, 0.1) is 11.7 Å². The largest absolute Gasteiger partial charge is 0.481 e. The van der Waals surface area contributed by atoms with Crippen molar-refractivity contribution in [3.63, 3.8) is 0 Å². The summed E-state index contributed by atoms with van der Waals surface area (Å²) >= 11 is 1.36. The molecule has 0 aliphatic carbocycles. The minimum atomic E-state index is -2.91. The highest BCUT2D eigenvalue weighted by atomic mass is 32.2. The Bertz CT molecular complexity index is 258. The van der Waals surface area contributed by atoms with Crippen molar-refractivity contribution in [3.8, 4) is 0 Å². The van der Waals surface area contributed by atoms with E-state index in [2.05, 4.69) is 0 Å². The molecular formula is C7H14O4S2. The molecule has 1 atom stereocenters. The van der Waals surface area contributed by atoms with Crippen LogP contribution in [0.15, 0.2) is 0 Å². The molecule has 0 amide bonds. The molecule has 1 N–H and O–H groups in total. The lowest BCUT2D eigenvalue weighted by Crippen LogP contribution is -2.13. The van der Waals surface area contributed by atoms with E-state index >= 15 is 0 Å². The van der Waals surface area contributed by atoms with Crippen LogP contribution in [0.1, 0.15) is 6.92 Å². The van der Waals surface area contributed by atoms with Gasteiger partial charge in [0.25, 0.3) is 0 Å². The maximum Gasteiger partial charge on any atom is 0.307 e. The number of hydrogen-bond donors (Lipinski definition) is 1. The summed E-state index contributed by atoms with van der Waals surface area (Å²) in [5, 5.41) is 8.51. The van der Waals surface area contributed by atoms with Crippen molar-refractivity contribution in [2.45, 2.75) is 6.92 Å². The quantitative estimate of drug-likeness (QED) is 0.667. The molecule has 0 aromatic rings. The molecule has 78 valence electrons. The summed E-state index contributed by atoms with van der Waals surface area (Å²) in [5.74, 6) is -0.206. The average Bonchev–Trinajstić information content (AvgIpc) is 1.95. The van der Waals surface area contributed by atoms with Gasteiger partial charge in [0.1, 0.15) is 9.84 Å². The maximum absolute atomic E-state index is 10.7. The van der Waals surface area contributed by atoms with Gasteiger partial charge in [-0.25, -0.2) is 8.42 Å². The smallest absolute Gasteiger partial charge is 0.307 e. The summed E-state index contributed by atoms with van der Waals surface area (Å²) in [6.45, 7) is 1.61. The Morgan fingerprint density at radius 1 is 1.54 bits per heavy atom. The lowest BCUT2D eigenvalue weighted by Gasteiger charge is -2.04. The molecule has 0 rings (SSSR count). The normalized spacial score (nSPS) is 14.0. The zero-order valence-electron chi connectivity index (χ0n) is 7.69. The van der Waals surface area contributed by atoms with Gasteiger partial charge >= 0.3 is 5.97 Å². The van der Waals surface area contributed by atoms with Gasteiger partial charge in [0.2, 0.25) is 0 Å². The van der Waals surface area contributed by atoms with Crippen LogP contribution in [-0.2, 0) is 14.6 Å². The lowest BCUT2D eigenvalue weighted by atomic mass is 10.2. The molecule has 0 saturated heterocycles. The zero-order chi connectivity index (χ0) is 10.5. The molecule has 0 heterocycles. The van der Waals surface area contributed by atoms with Crippen LogP contribution >= 0.6 is 11.8 Å². The molecule has 0 spiro atoms. The van der Waals surface area contributed by atoms with E-state index in [1.165, 1.54) is 18.0 Å².